The van der Waals surface area contributed by atoms with E-state index in [1.165, 1.54) is 25.7 Å². The van der Waals surface area contributed by atoms with E-state index < -0.39 is 11.8 Å². The van der Waals surface area contributed by atoms with Gasteiger partial charge in [0.15, 0.2) is 11.6 Å². The molecule has 2 saturated heterocycles. The summed E-state index contributed by atoms with van der Waals surface area (Å²) in [5, 5.41) is 23.5. The number of allylic oxidation sites excluding steroid dienone is 2. The molecule has 0 saturated carbocycles. The van der Waals surface area contributed by atoms with Crippen molar-refractivity contribution < 1.29 is 55.4 Å². The predicted molar refractivity (Wildman–Crippen MR) is 328 cm³/mol. The van der Waals surface area contributed by atoms with Crippen LogP contribution in [0.2, 0.25) is 0 Å². The molecule has 12 rings (SSSR count). The van der Waals surface area contributed by atoms with Gasteiger partial charge in [-0.25, -0.2) is 9.97 Å². The molecule has 2 fully saturated rings. The molecule has 4 N–H and O–H groups in total. The number of para-hydroxylation sites is 4. The number of benzene rings is 8. The van der Waals surface area contributed by atoms with Crippen LogP contribution in [0.25, 0.3) is 33.6 Å². The van der Waals surface area contributed by atoms with Gasteiger partial charge in [-0.15, -0.1) is 0 Å². The first kappa shape index (κ1) is 64.6. The second kappa shape index (κ2) is 34.2. The van der Waals surface area contributed by atoms with Gasteiger partial charge in [-0.2, -0.15) is 0 Å². The Morgan fingerprint density at radius 1 is 0.412 bits per heavy atom. The number of aryl methyl sites for hydroxylation is 2. The number of imidazole rings is 2. The molecule has 2 amide bonds. The van der Waals surface area contributed by atoms with Gasteiger partial charge in [0.1, 0.15) is 11.6 Å². The number of nitrogens with zero attached hydrogens (tertiary/aromatic N) is 4. The van der Waals surface area contributed by atoms with E-state index in [0.717, 1.165) is 96.5 Å². The molecule has 2 aliphatic heterocycles. The molecule has 10 aromatic rings. The number of carbonyl (C=O) groups excluding carboxylic acids is 4. The van der Waals surface area contributed by atoms with Crippen molar-refractivity contribution in [3.8, 4) is 0 Å². The van der Waals surface area contributed by atoms with Crippen LogP contribution >= 0.6 is 0 Å². The zero-order chi connectivity index (χ0) is 59.5. The van der Waals surface area contributed by atoms with Crippen molar-refractivity contribution in [3.63, 3.8) is 0 Å². The van der Waals surface area contributed by atoms with Crippen LogP contribution in [0.3, 0.4) is 0 Å². The minimum atomic E-state index is -0.402. The van der Waals surface area contributed by atoms with Gasteiger partial charge in [-0.05, 0) is 122 Å². The summed E-state index contributed by atoms with van der Waals surface area (Å²) in [4.78, 5) is 54.7. The molecular formula is C70H68N6NiO8. The van der Waals surface area contributed by atoms with Gasteiger partial charge < -0.3 is 40.3 Å². The summed E-state index contributed by atoms with van der Waals surface area (Å²) < 4.78 is 14.2. The Balaban J connectivity index is 0.000000171. The fourth-order valence-corrected chi connectivity index (χ4v) is 8.71. The largest absolute Gasteiger partial charge is 2.00 e. The third-order valence-electron chi connectivity index (χ3n) is 13.3. The molecule has 4 heterocycles. The van der Waals surface area contributed by atoms with Crippen molar-refractivity contribution in [2.45, 2.75) is 52.6 Å². The molecule has 2 aromatic heterocycles. The fourth-order valence-electron chi connectivity index (χ4n) is 8.71. The number of primary amides is 2. The van der Waals surface area contributed by atoms with Crippen LogP contribution in [0.4, 0.5) is 0 Å². The summed E-state index contributed by atoms with van der Waals surface area (Å²) in [6, 6.07) is 65.9. The molecule has 0 atom stereocenters. The number of ether oxygens (including phenoxy) is 2. The second-order valence-electron chi connectivity index (χ2n) is 19.4. The first-order chi connectivity index (χ1) is 40.8. The van der Waals surface area contributed by atoms with Gasteiger partial charge in [-0.3, -0.25) is 19.2 Å². The van der Waals surface area contributed by atoms with Crippen LogP contribution in [0.1, 0.15) is 101 Å². The van der Waals surface area contributed by atoms with Crippen molar-refractivity contribution in [3.05, 3.63) is 287 Å². The van der Waals surface area contributed by atoms with Crippen LogP contribution in [0.15, 0.2) is 231 Å². The van der Waals surface area contributed by atoms with Crippen LogP contribution in [-0.2, 0) is 39.1 Å². The van der Waals surface area contributed by atoms with E-state index in [9.17, 15) is 29.4 Å². The Morgan fingerprint density at radius 3 is 0.976 bits per heavy atom. The molecule has 14 nitrogen and oxygen atoms in total. The van der Waals surface area contributed by atoms with E-state index in [0.29, 0.717) is 33.4 Å². The first-order valence-corrected chi connectivity index (χ1v) is 27.7. The normalized spacial score (nSPS) is 12.4. The third kappa shape index (κ3) is 20.4. The number of ketones is 2. The van der Waals surface area contributed by atoms with E-state index in [1.807, 2.05) is 98.8 Å². The number of rotatable bonds is 12. The SMILES string of the molecule is C1CCOC1.C1CCOC1.Cc1nc2ccccc2n1Cc1ccc(C(N)=O)cc1.Cc1nc2ccccc2n1Cc1ccc(C(N)=O)cc1.O=C(/C=C(\[O-])c1ccccc1)c1ccccc1.O=C(/C=C(\[O-])c1ccccc1)c1ccccc1.[Ni+2]. The van der Waals surface area contributed by atoms with E-state index in [-0.39, 0.29) is 39.6 Å². The fraction of sp³-hybridized carbons (Fsp3) is 0.171. The maximum Gasteiger partial charge on any atom is 2.00 e. The summed E-state index contributed by atoms with van der Waals surface area (Å²) in [5.74, 6) is 0.0924. The topological polar surface area (TPSA) is 221 Å². The smallest absolute Gasteiger partial charge is 0.872 e. The van der Waals surface area contributed by atoms with Crippen molar-refractivity contribution >= 4 is 57.0 Å². The summed E-state index contributed by atoms with van der Waals surface area (Å²) in [6.07, 6.45) is 7.37. The minimum Gasteiger partial charge on any atom is -0.872 e. The number of fused-ring (bicyclic) bond motifs is 2. The predicted octanol–water partition coefficient (Wildman–Crippen LogP) is 11.1. The maximum atomic E-state index is 11.8. The van der Waals surface area contributed by atoms with Gasteiger partial charge in [-0.1, -0.05) is 181 Å². The van der Waals surface area contributed by atoms with Crippen LogP contribution < -0.4 is 21.7 Å². The first-order valence-electron chi connectivity index (χ1n) is 27.7. The van der Waals surface area contributed by atoms with Crippen molar-refractivity contribution in [1.82, 2.24) is 19.1 Å². The Bertz CT molecular complexity index is 3490. The number of amides is 2. The average Bonchev–Trinajstić information content (AvgIpc) is 4.20. The molecule has 2 aliphatic rings. The Hall–Kier alpha value is -9.53. The molecule has 15 heteroatoms. The van der Waals surface area contributed by atoms with Crippen LogP contribution in [0.5, 0.6) is 0 Å². The number of hydrogen-bond acceptors (Lipinski definition) is 10. The summed E-state index contributed by atoms with van der Waals surface area (Å²) in [6.45, 7) is 9.45. The van der Waals surface area contributed by atoms with Gasteiger partial charge >= 0.3 is 16.5 Å². The number of nitrogens with two attached hydrogens (primary N) is 2. The maximum absolute atomic E-state index is 11.8. The van der Waals surface area contributed by atoms with Crippen molar-refractivity contribution in [2.24, 2.45) is 11.5 Å². The zero-order valence-corrected chi connectivity index (χ0v) is 48.5. The number of hydrogen-bond donors (Lipinski definition) is 2. The molecule has 8 aromatic carbocycles. The van der Waals surface area contributed by atoms with E-state index in [1.54, 1.807) is 121 Å². The van der Waals surface area contributed by atoms with Gasteiger partial charge in [0.25, 0.3) is 0 Å². The van der Waals surface area contributed by atoms with Crippen LogP contribution in [0, 0.1) is 13.8 Å². The number of aromatic nitrogens is 4. The molecule has 0 spiro atoms. The molecule has 0 bridgehead atoms. The van der Waals surface area contributed by atoms with Crippen molar-refractivity contribution in [2.75, 3.05) is 26.4 Å². The standard InChI is InChI=1S/2C16H15N3O.2C15H12O2.2C4H8O.Ni/c2*1-11-18-14-4-2-3-5-15(14)19(11)10-12-6-8-13(9-7-12)16(17)20;2*16-14(12-7-3-1-4-8-12)11-15(17)13-9-5-2-6-10-13;2*1-2-4-5-3-1;/h2*2-9H,10H2,1H3,(H2,17,20);2*1-11,16H;2*1-4H2;/q;;;;;;+2/p-2/b;;2*14-11-;;;. The average molecular weight is 1180 g/mol. The van der Waals surface area contributed by atoms with Crippen molar-refractivity contribution in [1.29, 1.82) is 0 Å². The Kier molecular flexibility index (Phi) is 26.0. The third-order valence-corrected chi connectivity index (χ3v) is 13.3. The summed E-state index contributed by atoms with van der Waals surface area (Å²) in [5.41, 5.74) is 20.1. The van der Waals surface area contributed by atoms with E-state index in [2.05, 4.69) is 31.2 Å². The zero-order valence-electron chi connectivity index (χ0n) is 47.5. The van der Waals surface area contributed by atoms with Gasteiger partial charge in [0, 0.05) is 61.8 Å². The summed E-state index contributed by atoms with van der Waals surface area (Å²) >= 11 is 0. The molecule has 0 unspecified atom stereocenters. The Morgan fingerprint density at radius 2 is 0.694 bits per heavy atom. The minimum absolute atomic E-state index is 0. The van der Waals surface area contributed by atoms with E-state index >= 15 is 0 Å². The van der Waals surface area contributed by atoms with E-state index in [4.69, 9.17) is 20.9 Å². The molecule has 0 aliphatic carbocycles. The summed E-state index contributed by atoms with van der Waals surface area (Å²) in [7, 11) is 0. The number of carbonyl (C=O) groups is 4. The van der Waals surface area contributed by atoms with Gasteiger partial charge in [0.05, 0.1) is 22.1 Å². The quantitative estimate of drug-likeness (QED) is 0.0510. The molecule has 0 radical (unpaired) electrons. The molecular weight excluding hydrogens is 1110 g/mol. The Labute approximate surface area is 506 Å². The molecule has 85 heavy (non-hydrogen) atoms. The van der Waals surface area contributed by atoms with Crippen LogP contribution in [-0.4, -0.2) is 68.9 Å². The second-order valence-corrected chi connectivity index (χ2v) is 19.4. The van der Waals surface area contributed by atoms with Gasteiger partial charge in [0.2, 0.25) is 11.8 Å². The molecule has 436 valence electrons. The monoisotopic (exact) mass is 1180 g/mol.